The molecule has 4 nitrogen and oxygen atoms in total. The molecule has 0 aliphatic carbocycles. The van der Waals surface area contributed by atoms with Crippen LogP contribution in [0.3, 0.4) is 0 Å². The molecule has 1 fully saturated rings. The second kappa shape index (κ2) is 6.80. The fourth-order valence-corrected chi connectivity index (χ4v) is 1.87. The van der Waals surface area contributed by atoms with E-state index in [0.717, 1.165) is 45.2 Å². The van der Waals surface area contributed by atoms with E-state index in [1.807, 2.05) is 0 Å². The summed E-state index contributed by atoms with van der Waals surface area (Å²) in [6, 6.07) is 0. The summed E-state index contributed by atoms with van der Waals surface area (Å²) in [6.07, 6.45) is 5.59. The zero-order chi connectivity index (χ0) is 11.1. The first kappa shape index (κ1) is 12.5. The fourth-order valence-electron chi connectivity index (χ4n) is 1.87. The molecule has 4 heteroatoms. The van der Waals surface area contributed by atoms with E-state index in [2.05, 4.69) is 12.2 Å². The van der Waals surface area contributed by atoms with Crippen LogP contribution in [0.15, 0.2) is 0 Å². The van der Waals surface area contributed by atoms with E-state index in [1.165, 1.54) is 0 Å². The lowest BCUT2D eigenvalue weighted by Gasteiger charge is -2.27. The molecule has 0 spiro atoms. The molecule has 15 heavy (non-hydrogen) atoms. The maximum absolute atomic E-state index is 7.52. The largest absolute Gasteiger partial charge is 0.375 e. The lowest BCUT2D eigenvalue weighted by Crippen LogP contribution is -2.38. The molecule has 2 atom stereocenters. The maximum Gasteiger partial charge on any atom is 0.0957 e. The van der Waals surface area contributed by atoms with Gasteiger partial charge in [-0.25, -0.2) is 0 Å². The standard InChI is InChI=1S/C11H23N3O/c1-9(4-2-3-6-12)15-10-5-7-14-11(13)8-10/h9-10H,2-8,12H2,1H3,(H2,13,14). The van der Waals surface area contributed by atoms with Crippen molar-refractivity contribution in [2.24, 2.45) is 5.73 Å². The number of hydrogen-bond donors (Lipinski definition) is 3. The Morgan fingerprint density at radius 2 is 2.40 bits per heavy atom. The SMILES string of the molecule is CC(CCCCN)OC1CCNC(=N)C1. The Balaban J connectivity index is 2.13. The van der Waals surface area contributed by atoms with Crippen LogP contribution in [0.25, 0.3) is 0 Å². The van der Waals surface area contributed by atoms with Crippen molar-refractivity contribution in [2.75, 3.05) is 13.1 Å². The Labute approximate surface area is 92.1 Å². The highest BCUT2D eigenvalue weighted by Gasteiger charge is 2.19. The summed E-state index contributed by atoms with van der Waals surface area (Å²) in [5, 5.41) is 10.5. The van der Waals surface area contributed by atoms with Gasteiger partial charge in [-0.2, -0.15) is 0 Å². The van der Waals surface area contributed by atoms with Crippen molar-refractivity contribution in [2.45, 2.75) is 51.2 Å². The summed E-state index contributed by atoms with van der Waals surface area (Å²) >= 11 is 0. The van der Waals surface area contributed by atoms with Crippen LogP contribution in [0.1, 0.15) is 39.0 Å². The van der Waals surface area contributed by atoms with Crippen LogP contribution in [0, 0.1) is 5.41 Å². The lowest BCUT2D eigenvalue weighted by atomic mass is 10.1. The number of ether oxygens (including phenoxy) is 1. The van der Waals surface area contributed by atoms with Gasteiger partial charge in [0.15, 0.2) is 0 Å². The molecule has 1 rings (SSSR count). The predicted octanol–water partition coefficient (Wildman–Crippen LogP) is 1.25. The van der Waals surface area contributed by atoms with Gasteiger partial charge in [-0.1, -0.05) is 0 Å². The van der Waals surface area contributed by atoms with Gasteiger partial charge < -0.3 is 15.8 Å². The van der Waals surface area contributed by atoms with Crippen LogP contribution >= 0.6 is 0 Å². The van der Waals surface area contributed by atoms with Crippen molar-refractivity contribution in [3.8, 4) is 0 Å². The third-order valence-electron chi connectivity index (χ3n) is 2.73. The molecule has 0 amide bonds. The zero-order valence-electron chi connectivity index (χ0n) is 9.59. The van der Waals surface area contributed by atoms with Gasteiger partial charge in [-0.3, -0.25) is 5.41 Å². The number of amidine groups is 1. The van der Waals surface area contributed by atoms with Crippen molar-refractivity contribution in [3.05, 3.63) is 0 Å². The Bertz CT molecular complexity index is 196. The third-order valence-corrected chi connectivity index (χ3v) is 2.73. The van der Waals surface area contributed by atoms with Gasteiger partial charge in [0, 0.05) is 13.0 Å². The van der Waals surface area contributed by atoms with Gasteiger partial charge in [0.2, 0.25) is 0 Å². The van der Waals surface area contributed by atoms with E-state index in [-0.39, 0.29) is 6.10 Å². The van der Waals surface area contributed by atoms with Crippen LogP contribution in [0.5, 0.6) is 0 Å². The molecule has 0 bridgehead atoms. The molecule has 88 valence electrons. The Kier molecular flexibility index (Phi) is 5.65. The summed E-state index contributed by atoms with van der Waals surface area (Å²) < 4.78 is 5.89. The van der Waals surface area contributed by atoms with E-state index >= 15 is 0 Å². The maximum atomic E-state index is 7.52. The molecule has 1 heterocycles. The number of rotatable bonds is 6. The van der Waals surface area contributed by atoms with E-state index < -0.39 is 0 Å². The first-order valence-electron chi connectivity index (χ1n) is 5.89. The molecular formula is C11H23N3O. The molecule has 4 N–H and O–H groups in total. The first-order chi connectivity index (χ1) is 7.22. The molecule has 0 saturated carbocycles. The normalized spacial score (nSPS) is 23.6. The molecule has 2 unspecified atom stereocenters. The van der Waals surface area contributed by atoms with E-state index in [1.54, 1.807) is 0 Å². The van der Waals surface area contributed by atoms with Crippen molar-refractivity contribution < 1.29 is 4.74 Å². The van der Waals surface area contributed by atoms with Crippen molar-refractivity contribution in [1.82, 2.24) is 5.32 Å². The summed E-state index contributed by atoms with van der Waals surface area (Å²) in [5.41, 5.74) is 5.44. The highest BCUT2D eigenvalue weighted by molar-refractivity contribution is 5.80. The molecular weight excluding hydrogens is 190 g/mol. The molecule has 0 aromatic heterocycles. The van der Waals surface area contributed by atoms with E-state index in [9.17, 15) is 0 Å². The molecule has 0 radical (unpaired) electrons. The van der Waals surface area contributed by atoms with Crippen LogP contribution < -0.4 is 11.1 Å². The molecule has 0 aromatic rings. The summed E-state index contributed by atoms with van der Waals surface area (Å²) in [7, 11) is 0. The van der Waals surface area contributed by atoms with Crippen LogP contribution in [0.4, 0.5) is 0 Å². The van der Waals surface area contributed by atoms with Crippen molar-refractivity contribution >= 4 is 5.84 Å². The minimum Gasteiger partial charge on any atom is -0.375 e. The van der Waals surface area contributed by atoms with Gasteiger partial charge in [-0.05, 0) is 39.2 Å². The van der Waals surface area contributed by atoms with Gasteiger partial charge in [0.1, 0.15) is 0 Å². The fraction of sp³-hybridized carbons (Fsp3) is 0.909. The zero-order valence-corrected chi connectivity index (χ0v) is 9.59. The van der Waals surface area contributed by atoms with Gasteiger partial charge >= 0.3 is 0 Å². The number of nitrogens with one attached hydrogen (secondary N) is 2. The highest BCUT2D eigenvalue weighted by atomic mass is 16.5. The number of nitrogens with two attached hydrogens (primary N) is 1. The Morgan fingerprint density at radius 1 is 1.60 bits per heavy atom. The van der Waals surface area contributed by atoms with Crippen LogP contribution in [0.2, 0.25) is 0 Å². The number of piperidine rings is 1. The monoisotopic (exact) mass is 213 g/mol. The predicted molar refractivity (Wildman–Crippen MR) is 62.2 cm³/mol. The topological polar surface area (TPSA) is 71.1 Å². The average Bonchev–Trinajstić information content (AvgIpc) is 2.18. The van der Waals surface area contributed by atoms with Crippen LogP contribution in [-0.2, 0) is 4.74 Å². The first-order valence-corrected chi connectivity index (χ1v) is 5.89. The van der Waals surface area contributed by atoms with Gasteiger partial charge in [-0.15, -0.1) is 0 Å². The lowest BCUT2D eigenvalue weighted by molar-refractivity contribution is -0.0101. The Morgan fingerprint density at radius 3 is 3.07 bits per heavy atom. The Hall–Kier alpha value is -0.610. The van der Waals surface area contributed by atoms with E-state index in [0.29, 0.717) is 11.9 Å². The minimum absolute atomic E-state index is 0.242. The van der Waals surface area contributed by atoms with Crippen molar-refractivity contribution in [3.63, 3.8) is 0 Å². The average molecular weight is 213 g/mol. The summed E-state index contributed by atoms with van der Waals surface area (Å²) in [5.74, 6) is 0.611. The minimum atomic E-state index is 0.242. The summed E-state index contributed by atoms with van der Waals surface area (Å²) in [4.78, 5) is 0. The highest BCUT2D eigenvalue weighted by Crippen LogP contribution is 2.14. The molecule has 1 aliphatic heterocycles. The molecule has 1 aliphatic rings. The van der Waals surface area contributed by atoms with Crippen LogP contribution in [-0.4, -0.2) is 31.1 Å². The quantitative estimate of drug-likeness (QED) is 0.581. The molecule has 0 aromatic carbocycles. The second-order valence-corrected chi connectivity index (χ2v) is 4.25. The molecule has 1 saturated heterocycles. The second-order valence-electron chi connectivity index (χ2n) is 4.25. The van der Waals surface area contributed by atoms with Gasteiger partial charge in [0.25, 0.3) is 0 Å². The number of unbranched alkanes of at least 4 members (excludes halogenated alkanes) is 1. The van der Waals surface area contributed by atoms with E-state index in [4.69, 9.17) is 15.9 Å². The van der Waals surface area contributed by atoms with Gasteiger partial charge in [0.05, 0.1) is 18.0 Å². The summed E-state index contributed by atoms with van der Waals surface area (Å²) in [6.45, 7) is 3.76. The van der Waals surface area contributed by atoms with Crippen molar-refractivity contribution in [1.29, 1.82) is 5.41 Å². The third kappa shape index (κ3) is 5.14. The number of hydrogen-bond acceptors (Lipinski definition) is 3. The smallest absolute Gasteiger partial charge is 0.0957 e.